The second kappa shape index (κ2) is 11.9. The molecule has 0 aliphatic rings. The van der Waals surface area contributed by atoms with E-state index in [4.69, 9.17) is 9.26 Å². The molecule has 9 heteroatoms. The first-order valence-corrected chi connectivity index (χ1v) is 12.0. The summed E-state index contributed by atoms with van der Waals surface area (Å²) in [7, 11) is 0. The molecule has 194 valence electrons. The number of ether oxygens (including phenoxy) is 1. The SMILES string of the molecule is Cc1noc(-c2ccc(C(=O)N[C@H](Cc3ccccc3)C(=O)O)cc2)c1NC(=O)O[C@@H](C)c1ccccc1. The number of rotatable bonds is 9. The van der Waals surface area contributed by atoms with E-state index in [1.165, 1.54) is 0 Å². The van der Waals surface area contributed by atoms with Gasteiger partial charge in [-0.1, -0.05) is 78.0 Å². The minimum absolute atomic E-state index is 0.158. The Bertz CT molecular complexity index is 1400. The Morgan fingerprint density at radius 3 is 2.21 bits per heavy atom. The fraction of sp³-hybridized carbons (Fsp3) is 0.172. The van der Waals surface area contributed by atoms with Gasteiger partial charge in [0.05, 0.1) is 0 Å². The van der Waals surface area contributed by atoms with Gasteiger partial charge in [-0.3, -0.25) is 10.1 Å². The first-order chi connectivity index (χ1) is 18.3. The van der Waals surface area contributed by atoms with Crippen LogP contribution in [0.5, 0.6) is 0 Å². The number of benzene rings is 3. The molecular weight excluding hydrogens is 486 g/mol. The highest BCUT2D eigenvalue weighted by Gasteiger charge is 2.23. The van der Waals surface area contributed by atoms with E-state index in [0.29, 0.717) is 22.7 Å². The molecule has 0 unspecified atom stereocenters. The predicted molar refractivity (Wildman–Crippen MR) is 141 cm³/mol. The molecule has 2 atom stereocenters. The number of nitrogens with zero attached hydrogens (tertiary/aromatic N) is 1. The Morgan fingerprint density at radius 1 is 0.947 bits per heavy atom. The predicted octanol–water partition coefficient (Wildman–Crippen LogP) is 5.39. The minimum Gasteiger partial charge on any atom is -0.480 e. The highest BCUT2D eigenvalue weighted by molar-refractivity contribution is 5.97. The summed E-state index contributed by atoms with van der Waals surface area (Å²) in [5.41, 5.74) is 3.29. The highest BCUT2D eigenvalue weighted by atomic mass is 16.6. The van der Waals surface area contributed by atoms with Crippen LogP contribution < -0.4 is 10.6 Å². The Labute approximate surface area is 219 Å². The zero-order valence-corrected chi connectivity index (χ0v) is 20.9. The Balaban J connectivity index is 1.43. The average molecular weight is 514 g/mol. The Morgan fingerprint density at radius 2 is 1.58 bits per heavy atom. The highest BCUT2D eigenvalue weighted by Crippen LogP contribution is 2.31. The van der Waals surface area contributed by atoms with E-state index in [1.807, 2.05) is 48.5 Å². The van der Waals surface area contributed by atoms with Crippen molar-refractivity contribution in [1.82, 2.24) is 10.5 Å². The Hall–Kier alpha value is -4.92. The number of hydrogen-bond donors (Lipinski definition) is 3. The molecular formula is C29H27N3O6. The molecule has 2 amide bonds. The van der Waals surface area contributed by atoms with Crippen LogP contribution in [0.3, 0.4) is 0 Å². The number of aryl methyl sites for hydroxylation is 1. The fourth-order valence-electron chi connectivity index (χ4n) is 3.86. The van der Waals surface area contributed by atoms with E-state index < -0.39 is 30.1 Å². The number of amides is 2. The normalized spacial score (nSPS) is 12.3. The molecule has 4 rings (SSSR count). The lowest BCUT2D eigenvalue weighted by molar-refractivity contribution is -0.139. The van der Waals surface area contributed by atoms with Crippen LogP contribution in [-0.4, -0.2) is 34.3 Å². The fourth-order valence-corrected chi connectivity index (χ4v) is 3.86. The molecule has 1 heterocycles. The van der Waals surface area contributed by atoms with Crippen LogP contribution in [0.1, 0.15) is 40.2 Å². The lowest BCUT2D eigenvalue weighted by Crippen LogP contribution is -2.42. The maximum Gasteiger partial charge on any atom is 0.412 e. The lowest BCUT2D eigenvalue weighted by atomic mass is 10.0. The molecule has 0 saturated carbocycles. The molecule has 3 aromatic carbocycles. The van der Waals surface area contributed by atoms with Gasteiger partial charge in [0.2, 0.25) is 0 Å². The zero-order valence-electron chi connectivity index (χ0n) is 20.9. The summed E-state index contributed by atoms with van der Waals surface area (Å²) < 4.78 is 10.9. The first kappa shape index (κ1) is 26.2. The van der Waals surface area contributed by atoms with E-state index in [-0.39, 0.29) is 12.0 Å². The number of aromatic nitrogens is 1. The maximum absolute atomic E-state index is 12.7. The van der Waals surface area contributed by atoms with E-state index in [1.54, 1.807) is 50.2 Å². The van der Waals surface area contributed by atoms with Crippen LogP contribution >= 0.6 is 0 Å². The molecule has 0 spiro atoms. The van der Waals surface area contributed by atoms with Crippen LogP contribution in [0.25, 0.3) is 11.3 Å². The van der Waals surface area contributed by atoms with Gasteiger partial charge >= 0.3 is 12.1 Å². The van der Waals surface area contributed by atoms with E-state index in [0.717, 1.165) is 11.1 Å². The molecule has 4 aromatic rings. The molecule has 0 saturated heterocycles. The maximum atomic E-state index is 12.7. The van der Waals surface area contributed by atoms with Crippen molar-refractivity contribution < 1.29 is 28.8 Å². The smallest absolute Gasteiger partial charge is 0.412 e. The van der Waals surface area contributed by atoms with Crippen molar-refractivity contribution in [2.75, 3.05) is 5.32 Å². The van der Waals surface area contributed by atoms with Crippen molar-refractivity contribution >= 4 is 23.7 Å². The standard InChI is InChI=1S/C29H27N3O6/c1-18-25(31-29(36)37-19(2)21-11-7-4-8-12-21)26(38-32-18)22-13-15-23(16-14-22)27(33)30-24(28(34)35)17-20-9-5-3-6-10-20/h3-16,19,24H,17H2,1-2H3,(H,30,33)(H,31,36)(H,34,35)/t19-,24+/m0/s1. The molecule has 0 bridgehead atoms. The van der Waals surface area contributed by atoms with Crippen LogP contribution in [0.15, 0.2) is 89.5 Å². The number of carbonyl (C=O) groups excluding carboxylic acids is 2. The van der Waals surface area contributed by atoms with Crippen LogP contribution in [0.4, 0.5) is 10.5 Å². The summed E-state index contributed by atoms with van der Waals surface area (Å²) in [6, 6.07) is 23.7. The number of carbonyl (C=O) groups is 3. The Kier molecular flexibility index (Phi) is 8.17. The summed E-state index contributed by atoms with van der Waals surface area (Å²) in [6.45, 7) is 3.46. The molecule has 0 aliphatic heterocycles. The van der Waals surface area contributed by atoms with Gasteiger partial charge in [0.1, 0.15) is 23.5 Å². The molecule has 9 nitrogen and oxygen atoms in total. The van der Waals surface area contributed by atoms with E-state index >= 15 is 0 Å². The van der Waals surface area contributed by atoms with Crippen molar-refractivity contribution in [3.05, 3.63) is 107 Å². The molecule has 0 aliphatic carbocycles. The third kappa shape index (κ3) is 6.44. The number of anilines is 1. The summed E-state index contributed by atoms with van der Waals surface area (Å²) in [4.78, 5) is 37.0. The molecule has 0 fully saturated rings. The van der Waals surface area contributed by atoms with E-state index in [2.05, 4.69) is 15.8 Å². The van der Waals surface area contributed by atoms with Gasteiger partial charge in [-0.15, -0.1) is 0 Å². The van der Waals surface area contributed by atoms with Gasteiger partial charge in [-0.25, -0.2) is 9.59 Å². The second-order valence-corrected chi connectivity index (χ2v) is 8.69. The topological polar surface area (TPSA) is 131 Å². The largest absolute Gasteiger partial charge is 0.480 e. The van der Waals surface area contributed by atoms with Crippen molar-refractivity contribution in [3.63, 3.8) is 0 Å². The van der Waals surface area contributed by atoms with E-state index in [9.17, 15) is 19.5 Å². The third-order valence-corrected chi connectivity index (χ3v) is 5.94. The van der Waals surface area contributed by atoms with Crippen molar-refractivity contribution in [1.29, 1.82) is 0 Å². The van der Waals surface area contributed by atoms with Gasteiger partial charge in [0.15, 0.2) is 5.76 Å². The second-order valence-electron chi connectivity index (χ2n) is 8.69. The van der Waals surface area contributed by atoms with Crippen molar-refractivity contribution in [2.24, 2.45) is 0 Å². The summed E-state index contributed by atoms with van der Waals surface area (Å²) in [5, 5.41) is 18.8. The molecule has 38 heavy (non-hydrogen) atoms. The number of carboxylic acids is 1. The van der Waals surface area contributed by atoms with Gasteiger partial charge in [-0.2, -0.15) is 0 Å². The number of aliphatic carboxylic acids is 1. The number of hydrogen-bond acceptors (Lipinski definition) is 6. The average Bonchev–Trinajstić information content (AvgIpc) is 3.28. The summed E-state index contributed by atoms with van der Waals surface area (Å²) in [5.74, 6) is -1.35. The van der Waals surface area contributed by atoms with Crippen LogP contribution in [-0.2, 0) is 16.0 Å². The van der Waals surface area contributed by atoms with Gasteiger partial charge < -0.3 is 19.7 Å². The van der Waals surface area contributed by atoms with Gasteiger partial charge in [-0.05, 0) is 37.1 Å². The van der Waals surface area contributed by atoms with Gasteiger partial charge in [0, 0.05) is 17.5 Å². The van der Waals surface area contributed by atoms with Gasteiger partial charge in [0.25, 0.3) is 5.91 Å². The first-order valence-electron chi connectivity index (χ1n) is 12.0. The van der Waals surface area contributed by atoms with Crippen LogP contribution in [0, 0.1) is 6.92 Å². The molecule has 1 aromatic heterocycles. The number of carboxylic acid groups (broad SMARTS) is 1. The quantitative estimate of drug-likeness (QED) is 0.274. The zero-order chi connectivity index (χ0) is 27.1. The third-order valence-electron chi connectivity index (χ3n) is 5.94. The van der Waals surface area contributed by atoms with Crippen molar-refractivity contribution in [3.8, 4) is 11.3 Å². The lowest BCUT2D eigenvalue weighted by Gasteiger charge is -2.15. The number of nitrogens with one attached hydrogen (secondary N) is 2. The van der Waals surface area contributed by atoms with Crippen LogP contribution in [0.2, 0.25) is 0 Å². The molecule has 0 radical (unpaired) electrons. The van der Waals surface area contributed by atoms with Crippen molar-refractivity contribution in [2.45, 2.75) is 32.4 Å². The molecule has 3 N–H and O–H groups in total. The summed E-state index contributed by atoms with van der Waals surface area (Å²) >= 11 is 0. The summed E-state index contributed by atoms with van der Waals surface area (Å²) in [6.07, 6.45) is -0.970. The minimum atomic E-state index is -1.12. The monoisotopic (exact) mass is 513 g/mol.